The molecular weight excluding hydrogens is 470 g/mol. The van der Waals surface area contributed by atoms with E-state index in [0.29, 0.717) is 30.0 Å². The van der Waals surface area contributed by atoms with Gasteiger partial charge in [0.2, 0.25) is 11.8 Å². The molecule has 8 nitrogen and oxygen atoms in total. The van der Waals surface area contributed by atoms with Crippen molar-refractivity contribution < 1.29 is 24.2 Å². The molecule has 8 heteroatoms. The van der Waals surface area contributed by atoms with Crippen molar-refractivity contribution in [2.24, 2.45) is 5.92 Å². The number of amides is 3. The van der Waals surface area contributed by atoms with Crippen molar-refractivity contribution in [3.05, 3.63) is 29.3 Å². The molecule has 3 amide bonds. The zero-order valence-electron chi connectivity index (χ0n) is 24.3. The van der Waals surface area contributed by atoms with Gasteiger partial charge in [0.1, 0.15) is 23.4 Å². The van der Waals surface area contributed by atoms with Crippen molar-refractivity contribution in [3.8, 4) is 5.75 Å². The maximum absolute atomic E-state index is 13.9. The zero-order valence-corrected chi connectivity index (χ0v) is 24.3. The molecule has 0 saturated carbocycles. The third kappa shape index (κ3) is 10.6. The second kappa shape index (κ2) is 14.8. The summed E-state index contributed by atoms with van der Waals surface area (Å²) in [6, 6.07) is 2.88. The van der Waals surface area contributed by atoms with Crippen LogP contribution < -0.4 is 10.6 Å². The highest BCUT2D eigenvalue weighted by Gasteiger charge is 2.38. The normalized spacial score (nSPS) is 14.0. The number of rotatable bonds is 13. The summed E-state index contributed by atoms with van der Waals surface area (Å²) in [6.45, 7) is 17.3. The molecule has 0 radical (unpaired) electrons. The number of phenols is 1. The first kappa shape index (κ1) is 32.3. The summed E-state index contributed by atoms with van der Waals surface area (Å²) in [6.07, 6.45) is 3.62. The summed E-state index contributed by atoms with van der Waals surface area (Å²) in [4.78, 5) is 41.5. The van der Waals surface area contributed by atoms with Crippen molar-refractivity contribution in [2.75, 3.05) is 6.54 Å². The number of aryl methyl sites for hydroxylation is 1. The molecule has 0 aromatic heterocycles. The molecule has 1 aromatic rings. The van der Waals surface area contributed by atoms with Crippen LogP contribution in [0.1, 0.15) is 105 Å². The van der Waals surface area contributed by atoms with Crippen molar-refractivity contribution >= 4 is 17.9 Å². The molecule has 0 bridgehead atoms. The second-order valence-electron chi connectivity index (χ2n) is 11.3. The molecular formula is C29H49N3O5. The van der Waals surface area contributed by atoms with Crippen LogP contribution in [0.15, 0.2) is 18.2 Å². The lowest BCUT2D eigenvalue weighted by molar-refractivity contribution is -0.145. The Hall–Kier alpha value is -2.77. The molecule has 0 aliphatic rings. The van der Waals surface area contributed by atoms with E-state index in [1.165, 1.54) is 4.90 Å². The van der Waals surface area contributed by atoms with Gasteiger partial charge in [0.05, 0.1) is 0 Å². The molecule has 37 heavy (non-hydrogen) atoms. The van der Waals surface area contributed by atoms with Crippen LogP contribution in [0.2, 0.25) is 0 Å². The number of carbonyl (C=O) groups is 3. The zero-order chi connectivity index (χ0) is 28.3. The molecule has 1 aromatic carbocycles. The topological polar surface area (TPSA) is 108 Å². The van der Waals surface area contributed by atoms with E-state index < -0.39 is 29.7 Å². The molecule has 0 aliphatic heterocycles. The average Bonchev–Trinajstić information content (AvgIpc) is 2.78. The van der Waals surface area contributed by atoms with E-state index in [2.05, 4.69) is 31.4 Å². The summed E-state index contributed by atoms with van der Waals surface area (Å²) in [5.74, 6) is -0.383. The number of hydrogen-bond acceptors (Lipinski definition) is 5. The van der Waals surface area contributed by atoms with E-state index in [9.17, 15) is 19.5 Å². The Balaban J connectivity index is 3.47. The van der Waals surface area contributed by atoms with Crippen molar-refractivity contribution in [1.82, 2.24) is 15.5 Å². The number of ether oxygens (including phenoxy) is 1. The Morgan fingerprint density at radius 2 is 1.70 bits per heavy atom. The summed E-state index contributed by atoms with van der Waals surface area (Å²) < 4.78 is 5.34. The number of nitrogens with zero attached hydrogens (tertiary/aromatic N) is 1. The van der Waals surface area contributed by atoms with Gasteiger partial charge in [-0.1, -0.05) is 51.8 Å². The number of para-hydroxylation sites is 1. The number of phenolic OH excluding ortho intramolecular Hbond substituents is 1. The SMILES string of the molecule is CCCCCNC(=O)C(c1cccc(C)c1O)N(C(=O)C(C)NC(=O)OC(C)(C)C)C(C)CCC(C)C. The fourth-order valence-corrected chi connectivity index (χ4v) is 4.09. The fraction of sp³-hybridized carbons (Fsp3) is 0.690. The van der Waals surface area contributed by atoms with Gasteiger partial charge in [-0.05, 0) is 72.3 Å². The summed E-state index contributed by atoms with van der Waals surface area (Å²) in [7, 11) is 0. The van der Waals surface area contributed by atoms with Crippen LogP contribution in [-0.4, -0.2) is 52.1 Å². The van der Waals surface area contributed by atoms with Crippen LogP contribution in [0.3, 0.4) is 0 Å². The van der Waals surface area contributed by atoms with E-state index in [4.69, 9.17) is 4.74 Å². The average molecular weight is 520 g/mol. The summed E-state index contributed by atoms with van der Waals surface area (Å²) >= 11 is 0. The smallest absolute Gasteiger partial charge is 0.408 e. The fourth-order valence-electron chi connectivity index (χ4n) is 4.09. The lowest BCUT2D eigenvalue weighted by Crippen LogP contribution is -2.54. The van der Waals surface area contributed by atoms with E-state index in [-0.39, 0.29) is 17.7 Å². The lowest BCUT2D eigenvalue weighted by Gasteiger charge is -2.38. The Bertz CT molecular complexity index is 894. The number of aromatic hydroxyl groups is 1. The lowest BCUT2D eigenvalue weighted by atomic mass is 9.95. The van der Waals surface area contributed by atoms with Gasteiger partial charge >= 0.3 is 6.09 Å². The molecule has 3 unspecified atom stereocenters. The van der Waals surface area contributed by atoms with Crippen LogP contribution in [0.4, 0.5) is 4.79 Å². The first-order chi connectivity index (χ1) is 17.2. The maximum Gasteiger partial charge on any atom is 0.408 e. The van der Waals surface area contributed by atoms with Crippen molar-refractivity contribution in [1.29, 1.82) is 0 Å². The van der Waals surface area contributed by atoms with E-state index >= 15 is 0 Å². The third-order valence-electron chi connectivity index (χ3n) is 6.16. The Kier molecular flexibility index (Phi) is 12.9. The van der Waals surface area contributed by atoms with Crippen LogP contribution in [0.25, 0.3) is 0 Å². The summed E-state index contributed by atoms with van der Waals surface area (Å²) in [5.41, 5.74) is 0.261. The number of benzene rings is 1. The highest BCUT2D eigenvalue weighted by molar-refractivity contribution is 5.92. The van der Waals surface area contributed by atoms with Crippen LogP contribution in [0, 0.1) is 12.8 Å². The van der Waals surface area contributed by atoms with Crippen molar-refractivity contribution in [2.45, 2.75) is 118 Å². The molecule has 1 rings (SSSR count). The predicted molar refractivity (Wildman–Crippen MR) is 147 cm³/mol. The molecule has 3 atom stereocenters. The van der Waals surface area contributed by atoms with Crippen molar-refractivity contribution in [3.63, 3.8) is 0 Å². The minimum Gasteiger partial charge on any atom is -0.507 e. The minimum atomic E-state index is -1.06. The van der Waals surface area contributed by atoms with Crippen LogP contribution in [0.5, 0.6) is 5.75 Å². The Labute approximate surface area is 223 Å². The van der Waals surface area contributed by atoms with Gasteiger partial charge in [0.15, 0.2) is 0 Å². The van der Waals surface area contributed by atoms with E-state index in [1.807, 2.05) is 6.92 Å². The molecule has 3 N–H and O–H groups in total. The van der Waals surface area contributed by atoms with Gasteiger partial charge in [-0.3, -0.25) is 9.59 Å². The standard InChI is InChI=1S/C29H49N3O5/c1-10-11-12-18-30-26(34)24(23-15-13-14-20(4)25(23)33)32(21(5)17-16-19(2)3)27(35)22(6)31-28(36)37-29(7,8)9/h13-15,19,21-22,24,33H,10-12,16-18H2,1-9H3,(H,30,34)(H,31,36). The Morgan fingerprint density at radius 3 is 2.27 bits per heavy atom. The number of hydrogen-bond donors (Lipinski definition) is 3. The molecule has 0 spiro atoms. The van der Waals surface area contributed by atoms with E-state index in [1.54, 1.807) is 52.8 Å². The molecule has 0 saturated heterocycles. The second-order valence-corrected chi connectivity index (χ2v) is 11.3. The summed E-state index contributed by atoms with van der Waals surface area (Å²) in [5, 5.41) is 16.6. The Morgan fingerprint density at radius 1 is 1.05 bits per heavy atom. The molecule has 0 heterocycles. The van der Waals surface area contributed by atoms with Gasteiger partial charge in [-0.15, -0.1) is 0 Å². The third-order valence-corrected chi connectivity index (χ3v) is 6.16. The first-order valence-electron chi connectivity index (χ1n) is 13.6. The first-order valence-corrected chi connectivity index (χ1v) is 13.6. The number of nitrogens with one attached hydrogen (secondary N) is 2. The quantitative estimate of drug-likeness (QED) is 0.293. The minimum absolute atomic E-state index is 0.0159. The van der Waals surface area contributed by atoms with Gasteiger partial charge in [0.25, 0.3) is 0 Å². The highest BCUT2D eigenvalue weighted by Crippen LogP contribution is 2.34. The van der Waals surface area contributed by atoms with Gasteiger partial charge in [-0.2, -0.15) is 0 Å². The maximum atomic E-state index is 13.9. The van der Waals surface area contributed by atoms with Gasteiger partial charge < -0.3 is 25.4 Å². The number of carbonyl (C=O) groups excluding carboxylic acids is 3. The van der Waals surface area contributed by atoms with Crippen LogP contribution in [-0.2, 0) is 14.3 Å². The largest absolute Gasteiger partial charge is 0.507 e. The number of unbranched alkanes of at least 4 members (excludes halogenated alkanes) is 2. The number of alkyl carbamates (subject to hydrolysis) is 1. The van der Waals surface area contributed by atoms with Gasteiger partial charge in [-0.25, -0.2) is 4.79 Å². The van der Waals surface area contributed by atoms with E-state index in [0.717, 1.165) is 25.7 Å². The van der Waals surface area contributed by atoms with Crippen LogP contribution >= 0.6 is 0 Å². The predicted octanol–water partition coefficient (Wildman–Crippen LogP) is 5.61. The van der Waals surface area contributed by atoms with Gasteiger partial charge in [0, 0.05) is 18.2 Å². The molecule has 210 valence electrons. The molecule has 0 aliphatic carbocycles. The monoisotopic (exact) mass is 519 g/mol. The highest BCUT2D eigenvalue weighted by atomic mass is 16.6. The molecule has 0 fully saturated rings.